The number of phenols is 2. The van der Waals surface area contributed by atoms with Gasteiger partial charge in [-0.25, -0.2) is 4.79 Å². The molecule has 0 spiro atoms. The number of rotatable bonds is 9. The summed E-state index contributed by atoms with van der Waals surface area (Å²) in [4.78, 5) is 40.4. The summed E-state index contributed by atoms with van der Waals surface area (Å²) in [6, 6.07) is 10.2. The van der Waals surface area contributed by atoms with Crippen molar-refractivity contribution in [3.05, 3.63) is 69.3 Å². The van der Waals surface area contributed by atoms with Gasteiger partial charge in [0.15, 0.2) is 11.5 Å². The summed E-state index contributed by atoms with van der Waals surface area (Å²) in [5, 5.41) is 31.3. The second-order valence-corrected chi connectivity index (χ2v) is 6.66. The fourth-order valence-corrected chi connectivity index (χ4v) is 2.85. The molecule has 2 rings (SSSR count). The lowest BCUT2D eigenvalue weighted by molar-refractivity contribution is -0.763. The highest BCUT2D eigenvalue weighted by atomic mass is 16.9. The maximum absolute atomic E-state index is 12.9. The summed E-state index contributed by atoms with van der Waals surface area (Å²) in [7, 11) is 0. The van der Waals surface area contributed by atoms with Gasteiger partial charge in [0.2, 0.25) is 0 Å². The number of carbonyl (C=O) groups is 2. The third kappa shape index (κ3) is 5.60. The number of amides is 1. The van der Waals surface area contributed by atoms with Gasteiger partial charge in [0.1, 0.15) is 12.1 Å². The molecule has 2 aromatic carbocycles. The van der Waals surface area contributed by atoms with Crippen molar-refractivity contribution in [2.24, 2.45) is 0 Å². The maximum atomic E-state index is 12.9. The number of esters is 1. The van der Waals surface area contributed by atoms with Crippen LogP contribution in [-0.4, -0.2) is 39.3 Å². The van der Waals surface area contributed by atoms with E-state index in [4.69, 9.17) is 4.74 Å². The largest absolute Gasteiger partial charge is 0.504 e. The van der Waals surface area contributed by atoms with Crippen molar-refractivity contribution >= 4 is 11.9 Å². The van der Waals surface area contributed by atoms with E-state index in [9.17, 15) is 29.9 Å². The molecule has 0 saturated carbocycles. The van der Waals surface area contributed by atoms with Crippen molar-refractivity contribution < 1.29 is 34.5 Å². The van der Waals surface area contributed by atoms with Crippen LogP contribution in [0.25, 0.3) is 0 Å². The average molecular weight is 418 g/mol. The van der Waals surface area contributed by atoms with E-state index >= 15 is 0 Å². The molecule has 0 radical (unpaired) electrons. The van der Waals surface area contributed by atoms with Crippen molar-refractivity contribution in [3.8, 4) is 11.5 Å². The van der Waals surface area contributed by atoms with Crippen LogP contribution in [0.3, 0.4) is 0 Å². The zero-order chi connectivity index (χ0) is 22.3. The van der Waals surface area contributed by atoms with E-state index in [1.807, 2.05) is 0 Å². The highest BCUT2D eigenvalue weighted by molar-refractivity contribution is 5.99. The first kappa shape index (κ1) is 22.5. The van der Waals surface area contributed by atoms with Gasteiger partial charge in [0, 0.05) is 12.0 Å². The monoisotopic (exact) mass is 418 g/mol. The number of hydrogen-bond acceptors (Lipinski definition) is 8. The van der Waals surface area contributed by atoms with Gasteiger partial charge >= 0.3 is 5.97 Å². The Labute approximate surface area is 172 Å². The molecule has 0 heterocycles. The van der Waals surface area contributed by atoms with Gasteiger partial charge in [-0.2, -0.15) is 0 Å². The van der Waals surface area contributed by atoms with Crippen LogP contribution in [0, 0.1) is 10.1 Å². The summed E-state index contributed by atoms with van der Waals surface area (Å²) in [6.07, 6.45) is -0.0427. The maximum Gasteiger partial charge on any atom is 0.331 e. The molecule has 0 bridgehead atoms. The van der Waals surface area contributed by atoms with Crippen LogP contribution in [0.15, 0.2) is 42.5 Å². The Morgan fingerprint density at radius 1 is 1.17 bits per heavy atom. The predicted octanol–water partition coefficient (Wildman–Crippen LogP) is 2.10. The third-order valence-corrected chi connectivity index (χ3v) is 4.30. The Balaban J connectivity index is 2.32. The second-order valence-electron chi connectivity index (χ2n) is 6.66. The molecule has 0 aliphatic heterocycles. The number of aromatic hydroxyl groups is 2. The first-order chi connectivity index (χ1) is 14.2. The van der Waals surface area contributed by atoms with Crippen molar-refractivity contribution in [3.63, 3.8) is 0 Å². The van der Waals surface area contributed by atoms with Gasteiger partial charge in [-0.3, -0.25) is 4.79 Å². The van der Waals surface area contributed by atoms with E-state index < -0.39 is 29.1 Å². The zero-order valence-electron chi connectivity index (χ0n) is 16.5. The molecule has 0 saturated heterocycles. The minimum atomic E-state index is -1.52. The quantitative estimate of drug-likeness (QED) is 0.243. The summed E-state index contributed by atoms with van der Waals surface area (Å²) in [5.74, 6) is -2.05. The van der Waals surface area contributed by atoms with E-state index in [1.54, 1.807) is 19.1 Å². The Bertz CT molecular complexity index is 946. The molecule has 0 aromatic heterocycles. The summed E-state index contributed by atoms with van der Waals surface area (Å²) >= 11 is 0. The molecule has 2 aromatic rings. The Kier molecular flexibility index (Phi) is 7.18. The highest BCUT2D eigenvalue weighted by Gasteiger charge is 2.37. The second kappa shape index (κ2) is 9.59. The average Bonchev–Trinajstić information content (AvgIpc) is 2.69. The van der Waals surface area contributed by atoms with E-state index in [0.29, 0.717) is 5.56 Å². The Morgan fingerprint density at radius 2 is 1.87 bits per heavy atom. The van der Waals surface area contributed by atoms with E-state index in [-0.39, 0.29) is 35.7 Å². The van der Waals surface area contributed by atoms with Gasteiger partial charge in [0.25, 0.3) is 11.0 Å². The summed E-state index contributed by atoms with van der Waals surface area (Å²) in [6.45, 7) is 2.73. The molecule has 160 valence electrons. The van der Waals surface area contributed by atoms with Crippen LogP contribution in [0.4, 0.5) is 0 Å². The molecule has 30 heavy (non-hydrogen) atoms. The summed E-state index contributed by atoms with van der Waals surface area (Å²) in [5.41, 5.74) is -0.692. The minimum absolute atomic E-state index is 0.0427. The molecule has 0 aliphatic carbocycles. The predicted molar refractivity (Wildman–Crippen MR) is 104 cm³/mol. The number of phenolic OH excluding ortho intramolecular Hbond substituents is 2. The van der Waals surface area contributed by atoms with Crippen molar-refractivity contribution in [1.82, 2.24) is 5.32 Å². The number of benzene rings is 2. The van der Waals surface area contributed by atoms with Gasteiger partial charge in [-0.05, 0) is 43.2 Å². The molecular formula is C20H22N2O8. The van der Waals surface area contributed by atoms with E-state index in [2.05, 4.69) is 10.2 Å². The van der Waals surface area contributed by atoms with Crippen molar-refractivity contribution in [2.75, 3.05) is 6.61 Å². The van der Waals surface area contributed by atoms with Crippen LogP contribution < -0.4 is 5.32 Å². The topological polar surface area (TPSA) is 148 Å². The molecule has 1 unspecified atom stereocenters. The number of nitrogens with zero attached hydrogens (tertiary/aromatic N) is 1. The lowest BCUT2D eigenvalue weighted by Gasteiger charge is -2.29. The van der Waals surface area contributed by atoms with Gasteiger partial charge < -0.3 is 25.1 Å². The first-order valence-electron chi connectivity index (χ1n) is 9.02. The fourth-order valence-electron chi connectivity index (χ4n) is 2.85. The van der Waals surface area contributed by atoms with Crippen LogP contribution in [0.5, 0.6) is 11.5 Å². The standard InChI is InChI=1S/C20H22N2O8/c1-3-29-19(26)20(2,11-13-8-9-16(23)17(24)10-13)21-18(25)15-7-5-4-6-14(15)12-30-22(27)28/h4-10,23-24H,3,11-12H2,1-2H3,(H,21,25). The molecule has 1 amide bonds. The van der Waals surface area contributed by atoms with Gasteiger partial charge in [-0.15, -0.1) is 10.1 Å². The molecule has 0 fully saturated rings. The van der Waals surface area contributed by atoms with E-state index in [1.165, 1.54) is 37.3 Å². The summed E-state index contributed by atoms with van der Waals surface area (Å²) < 4.78 is 5.10. The van der Waals surface area contributed by atoms with Gasteiger partial charge in [-0.1, -0.05) is 24.3 Å². The smallest absolute Gasteiger partial charge is 0.331 e. The molecule has 10 heteroatoms. The van der Waals surface area contributed by atoms with Crippen LogP contribution in [-0.2, 0) is 27.4 Å². The SMILES string of the molecule is CCOC(=O)C(C)(Cc1ccc(O)c(O)c1)NC(=O)c1ccccc1CO[N+](=O)[O-]. The van der Waals surface area contributed by atoms with Crippen molar-refractivity contribution in [1.29, 1.82) is 0 Å². The third-order valence-electron chi connectivity index (χ3n) is 4.30. The van der Waals surface area contributed by atoms with Crippen LogP contribution in [0.1, 0.15) is 35.3 Å². The molecular weight excluding hydrogens is 396 g/mol. The Hall–Kier alpha value is -3.82. The first-order valence-corrected chi connectivity index (χ1v) is 9.02. The number of hydrogen-bond donors (Lipinski definition) is 3. The van der Waals surface area contributed by atoms with E-state index in [0.717, 1.165) is 0 Å². The van der Waals surface area contributed by atoms with Gasteiger partial charge in [0.05, 0.1) is 6.61 Å². The molecule has 1 atom stereocenters. The number of carbonyl (C=O) groups excluding carboxylic acids is 2. The lowest BCUT2D eigenvalue weighted by atomic mass is 9.91. The molecule has 3 N–H and O–H groups in total. The Morgan fingerprint density at radius 3 is 2.50 bits per heavy atom. The normalized spacial score (nSPS) is 12.5. The minimum Gasteiger partial charge on any atom is -0.504 e. The molecule has 10 nitrogen and oxygen atoms in total. The highest BCUT2D eigenvalue weighted by Crippen LogP contribution is 2.27. The van der Waals surface area contributed by atoms with Crippen molar-refractivity contribution in [2.45, 2.75) is 32.4 Å². The molecule has 0 aliphatic rings. The number of nitrogens with one attached hydrogen (secondary N) is 1. The number of ether oxygens (including phenoxy) is 1. The lowest BCUT2D eigenvalue weighted by Crippen LogP contribution is -2.54. The zero-order valence-corrected chi connectivity index (χ0v) is 16.5. The van der Waals surface area contributed by atoms with Crippen LogP contribution in [0.2, 0.25) is 0 Å². The fraction of sp³-hybridized carbons (Fsp3) is 0.300. The van der Waals surface area contributed by atoms with Crippen LogP contribution >= 0.6 is 0 Å².